The van der Waals surface area contributed by atoms with Crippen molar-refractivity contribution >= 4 is 27.8 Å². The molecule has 0 spiro atoms. The van der Waals surface area contributed by atoms with E-state index in [4.69, 9.17) is 11.1 Å². The monoisotopic (exact) mass is 250 g/mol. The van der Waals surface area contributed by atoms with Gasteiger partial charge in [0.05, 0.1) is 7.11 Å². The van der Waals surface area contributed by atoms with Crippen molar-refractivity contribution in [1.29, 1.82) is 5.41 Å². The number of guanidine groups is 1. The summed E-state index contributed by atoms with van der Waals surface area (Å²) in [5.41, 5.74) is 5.50. The zero-order valence-corrected chi connectivity index (χ0v) is 10.3. The van der Waals surface area contributed by atoms with Gasteiger partial charge in [-0.25, -0.2) is 4.20 Å². The summed E-state index contributed by atoms with van der Waals surface area (Å²) >= 11 is 0. The lowest BCUT2D eigenvalue weighted by molar-refractivity contribution is -0.142. The Hall–Kier alpha value is -0.875. The SMILES string of the molecule is BP(F)NC(=N)NCCC[C@H](N)C(=O)OC. The third-order valence-electron chi connectivity index (χ3n) is 1.76. The summed E-state index contributed by atoms with van der Waals surface area (Å²) in [6.07, 6.45) is 1.07. The van der Waals surface area contributed by atoms with E-state index in [9.17, 15) is 8.99 Å². The van der Waals surface area contributed by atoms with E-state index < -0.39 is 20.3 Å². The molecule has 0 amide bonds. The van der Waals surface area contributed by atoms with E-state index in [0.29, 0.717) is 19.4 Å². The van der Waals surface area contributed by atoms with Gasteiger partial charge in [-0.3, -0.25) is 10.2 Å². The van der Waals surface area contributed by atoms with Crippen LogP contribution in [-0.2, 0) is 9.53 Å². The van der Waals surface area contributed by atoms with E-state index in [1.807, 2.05) is 0 Å². The van der Waals surface area contributed by atoms with Crippen molar-refractivity contribution in [2.24, 2.45) is 5.73 Å². The number of rotatable bonds is 6. The Kier molecular flexibility index (Phi) is 7.84. The van der Waals surface area contributed by atoms with E-state index in [0.717, 1.165) is 0 Å². The van der Waals surface area contributed by atoms with Gasteiger partial charge in [0.1, 0.15) is 14.3 Å². The van der Waals surface area contributed by atoms with Crippen molar-refractivity contribution < 1.29 is 13.7 Å². The molecular weight excluding hydrogens is 233 g/mol. The van der Waals surface area contributed by atoms with Crippen LogP contribution in [0.1, 0.15) is 12.8 Å². The quantitative estimate of drug-likeness (QED) is 0.124. The number of carbonyl (C=O) groups is 1. The molecule has 2 atom stereocenters. The van der Waals surface area contributed by atoms with Crippen LogP contribution in [0.4, 0.5) is 4.20 Å². The Labute approximate surface area is 96.3 Å². The number of hydrogen-bond donors (Lipinski definition) is 4. The maximum absolute atomic E-state index is 12.4. The Morgan fingerprint density at radius 3 is 2.88 bits per heavy atom. The van der Waals surface area contributed by atoms with Gasteiger partial charge < -0.3 is 20.9 Å². The Bertz CT molecular complexity index is 244. The Morgan fingerprint density at radius 2 is 2.38 bits per heavy atom. The maximum atomic E-state index is 12.4. The molecule has 0 aliphatic carbocycles. The van der Waals surface area contributed by atoms with Gasteiger partial charge in [0, 0.05) is 6.54 Å². The van der Waals surface area contributed by atoms with Gasteiger partial charge in [-0.15, -0.1) is 0 Å². The summed E-state index contributed by atoms with van der Waals surface area (Å²) in [4.78, 5) is 10.9. The van der Waals surface area contributed by atoms with Gasteiger partial charge in [-0.2, -0.15) is 0 Å². The van der Waals surface area contributed by atoms with Crippen LogP contribution in [-0.4, -0.2) is 39.2 Å². The van der Waals surface area contributed by atoms with Crippen LogP contribution < -0.4 is 16.1 Å². The third-order valence-corrected chi connectivity index (χ3v) is 2.30. The highest BCUT2D eigenvalue weighted by atomic mass is 31.2. The van der Waals surface area contributed by atoms with Crippen molar-refractivity contribution in [1.82, 2.24) is 10.4 Å². The number of nitrogens with one attached hydrogen (secondary N) is 3. The van der Waals surface area contributed by atoms with Crippen molar-refractivity contribution in [2.75, 3.05) is 13.7 Å². The Balaban J connectivity index is 3.53. The molecule has 0 bridgehead atoms. The lowest BCUT2D eigenvalue weighted by Crippen LogP contribution is -2.35. The fraction of sp³-hybridized carbons (Fsp3) is 0.714. The number of methoxy groups -OCH3 is 1. The summed E-state index contributed by atoms with van der Waals surface area (Å²) in [5.74, 6) is -0.503. The first-order valence-corrected chi connectivity index (χ1v) is 6.47. The first-order valence-electron chi connectivity index (χ1n) is 4.79. The molecule has 1 unspecified atom stereocenters. The predicted molar refractivity (Wildman–Crippen MR) is 64.7 cm³/mol. The topological polar surface area (TPSA) is 100 Å². The lowest BCUT2D eigenvalue weighted by atomic mass is 10.2. The molecule has 16 heavy (non-hydrogen) atoms. The number of nitrogens with two attached hydrogens (primary N) is 1. The predicted octanol–water partition coefficient (Wildman–Crippen LogP) is -0.790. The number of esters is 1. The summed E-state index contributed by atoms with van der Waals surface area (Å²) in [6.45, 7) is 0.458. The highest BCUT2D eigenvalue weighted by Crippen LogP contribution is 2.22. The number of hydrogen-bond acceptors (Lipinski definition) is 4. The highest BCUT2D eigenvalue weighted by molar-refractivity contribution is 7.76. The van der Waals surface area contributed by atoms with E-state index in [1.54, 1.807) is 0 Å². The molecule has 5 N–H and O–H groups in total. The number of halogens is 1. The van der Waals surface area contributed by atoms with E-state index >= 15 is 0 Å². The fourth-order valence-corrected chi connectivity index (χ4v) is 1.39. The average molecular weight is 250 g/mol. The molecule has 0 aliphatic rings. The lowest BCUT2D eigenvalue weighted by Gasteiger charge is -2.12. The Morgan fingerprint density at radius 1 is 1.75 bits per heavy atom. The molecule has 0 saturated carbocycles. The summed E-state index contributed by atoms with van der Waals surface area (Å²) in [7, 11) is 0.821. The van der Waals surface area contributed by atoms with Gasteiger partial charge in [-0.05, 0) is 12.8 Å². The average Bonchev–Trinajstić information content (AvgIpc) is 2.21. The second-order valence-electron chi connectivity index (χ2n) is 3.16. The van der Waals surface area contributed by atoms with Gasteiger partial charge in [-0.1, -0.05) is 0 Å². The van der Waals surface area contributed by atoms with Crippen LogP contribution in [0, 0.1) is 5.41 Å². The second kappa shape index (κ2) is 8.30. The van der Waals surface area contributed by atoms with Crippen LogP contribution in [0.3, 0.4) is 0 Å². The van der Waals surface area contributed by atoms with Crippen molar-refractivity contribution in [3.63, 3.8) is 0 Å². The maximum Gasteiger partial charge on any atom is 0.322 e. The second-order valence-corrected chi connectivity index (χ2v) is 4.34. The van der Waals surface area contributed by atoms with Crippen molar-refractivity contribution in [3.05, 3.63) is 0 Å². The summed E-state index contributed by atoms with van der Waals surface area (Å²) in [6, 6.07) is -0.640. The fourth-order valence-electron chi connectivity index (χ4n) is 0.998. The van der Waals surface area contributed by atoms with Crippen LogP contribution in [0.25, 0.3) is 0 Å². The van der Waals surface area contributed by atoms with Crippen LogP contribution in [0.15, 0.2) is 0 Å². The zero-order chi connectivity index (χ0) is 12.6. The zero-order valence-electron chi connectivity index (χ0n) is 9.42. The minimum absolute atomic E-state index is 0.0530. The molecule has 0 aromatic carbocycles. The van der Waals surface area contributed by atoms with Gasteiger partial charge in [0.25, 0.3) is 0 Å². The molecule has 6 nitrogen and oxygen atoms in total. The molecule has 0 aliphatic heterocycles. The molecule has 0 fully saturated rings. The smallest absolute Gasteiger partial charge is 0.322 e. The summed E-state index contributed by atoms with van der Waals surface area (Å²) in [5, 5.41) is 12.2. The molecule has 9 heteroatoms. The van der Waals surface area contributed by atoms with Gasteiger partial charge in [0.2, 0.25) is 7.57 Å². The largest absolute Gasteiger partial charge is 0.468 e. The molecule has 92 valence electrons. The molecule has 0 radical (unpaired) electrons. The highest BCUT2D eigenvalue weighted by Gasteiger charge is 2.12. The molecule has 0 rings (SSSR count). The first-order chi connectivity index (χ1) is 7.47. The number of ether oxygens (including phenoxy) is 1. The molecular formula is C7H17BFN4O2P. The normalized spacial score (nSPS) is 13.7. The van der Waals surface area contributed by atoms with Crippen molar-refractivity contribution in [3.8, 4) is 0 Å². The van der Waals surface area contributed by atoms with Crippen LogP contribution in [0.5, 0.6) is 0 Å². The van der Waals surface area contributed by atoms with Gasteiger partial charge in [0.15, 0.2) is 5.96 Å². The molecule has 0 aromatic rings. The first kappa shape index (κ1) is 15.1. The van der Waals surface area contributed by atoms with Crippen LogP contribution >= 0.6 is 8.26 Å². The summed E-state index contributed by atoms with van der Waals surface area (Å²) < 4.78 is 16.9. The minimum atomic E-state index is -1.82. The standard InChI is InChI=1S/C7H17BFN4O2P/c1-15-6(14)5(10)3-2-4-12-7(11)13-16(8)9/h5H,2-4,8,10H2,1H3,(H3,11,12,13)/t5-,16?/m0/s1. The third kappa shape index (κ3) is 7.42. The minimum Gasteiger partial charge on any atom is -0.468 e. The van der Waals surface area contributed by atoms with E-state index in [-0.39, 0.29) is 5.96 Å². The van der Waals surface area contributed by atoms with Crippen LogP contribution in [0.2, 0.25) is 0 Å². The van der Waals surface area contributed by atoms with E-state index in [1.165, 1.54) is 14.7 Å². The van der Waals surface area contributed by atoms with E-state index in [2.05, 4.69) is 15.1 Å². The van der Waals surface area contributed by atoms with Gasteiger partial charge >= 0.3 is 5.97 Å². The molecule has 0 saturated heterocycles. The molecule has 0 aromatic heterocycles. The van der Waals surface area contributed by atoms with Crippen molar-refractivity contribution in [2.45, 2.75) is 18.9 Å². The molecule has 0 heterocycles. The number of carbonyl (C=O) groups excluding carboxylic acids is 1.